The molecule has 1 saturated heterocycles. The van der Waals surface area contributed by atoms with Gasteiger partial charge < -0.3 is 24.5 Å². The maximum absolute atomic E-state index is 13.5. The average Bonchev–Trinajstić information content (AvgIpc) is 3.64. The molecule has 2 fully saturated rings. The maximum atomic E-state index is 13.5. The highest BCUT2D eigenvalue weighted by atomic mass is 19.3. The van der Waals surface area contributed by atoms with Crippen LogP contribution < -0.4 is 10.1 Å². The van der Waals surface area contributed by atoms with Crippen molar-refractivity contribution in [1.29, 1.82) is 0 Å². The number of furan rings is 1. The predicted molar refractivity (Wildman–Crippen MR) is 147 cm³/mol. The molecule has 4 heterocycles. The Kier molecular flexibility index (Phi) is 6.52. The summed E-state index contributed by atoms with van der Waals surface area (Å²) < 4.78 is 40.7. The minimum Gasteiger partial charge on any atom is -0.460 e. The molecule has 1 aromatic carbocycles. The summed E-state index contributed by atoms with van der Waals surface area (Å²) in [5.41, 5.74) is 1.75. The first-order valence-corrected chi connectivity index (χ1v) is 13.8. The lowest BCUT2D eigenvalue weighted by Gasteiger charge is -2.18. The molecule has 9 nitrogen and oxygen atoms in total. The molecule has 6 rings (SSSR count). The second-order valence-electron chi connectivity index (χ2n) is 11.6. The number of nitrogens with zero attached hydrogens (tertiary/aromatic N) is 3. The van der Waals surface area contributed by atoms with E-state index in [1.165, 1.54) is 0 Å². The van der Waals surface area contributed by atoms with Crippen LogP contribution in [0.5, 0.6) is 11.5 Å². The number of nitrogens with one attached hydrogen (secondary N) is 1. The number of benzene rings is 1. The molecule has 2 atom stereocenters. The zero-order chi connectivity index (χ0) is 29.1. The molecular weight excluding hydrogens is 534 g/mol. The third-order valence-electron chi connectivity index (χ3n) is 8.21. The van der Waals surface area contributed by atoms with Crippen molar-refractivity contribution < 1.29 is 32.6 Å². The normalized spacial score (nSPS) is 22.1. The Hall–Kier alpha value is -3.99. The number of alkyl halides is 2. The first kappa shape index (κ1) is 27.2. The van der Waals surface area contributed by atoms with E-state index in [-0.39, 0.29) is 43.7 Å². The van der Waals surface area contributed by atoms with Crippen LogP contribution in [0.15, 0.2) is 41.1 Å². The molecule has 11 heteroatoms. The van der Waals surface area contributed by atoms with Gasteiger partial charge in [-0.2, -0.15) is 5.10 Å². The summed E-state index contributed by atoms with van der Waals surface area (Å²) in [7, 11) is 0. The Morgan fingerprint density at radius 3 is 2.76 bits per heavy atom. The summed E-state index contributed by atoms with van der Waals surface area (Å²) in [6.45, 7) is 6.19. The number of halogens is 2. The fraction of sp³-hybridized carbons (Fsp3) is 0.433. The Bertz CT molecular complexity index is 1670. The molecule has 216 valence electrons. The summed E-state index contributed by atoms with van der Waals surface area (Å²) in [4.78, 5) is 27.8. The van der Waals surface area contributed by atoms with Crippen LogP contribution in [0.1, 0.15) is 64.6 Å². The number of aryl methyl sites for hydroxylation is 2. The Morgan fingerprint density at radius 2 is 2.05 bits per heavy atom. The highest BCUT2D eigenvalue weighted by Gasteiger charge is 2.39. The van der Waals surface area contributed by atoms with Gasteiger partial charge in [-0.1, -0.05) is 0 Å². The topological polar surface area (TPSA) is 109 Å². The minimum absolute atomic E-state index is 0.143. The van der Waals surface area contributed by atoms with Gasteiger partial charge in [0.05, 0.1) is 22.9 Å². The number of carbonyl (C=O) groups excluding carboxylic acids is 2. The number of hydrogen-bond donors (Lipinski definition) is 2. The molecule has 41 heavy (non-hydrogen) atoms. The summed E-state index contributed by atoms with van der Waals surface area (Å²) in [5.74, 6) is -2.07. The number of fused-ring (bicyclic) bond motifs is 2. The van der Waals surface area contributed by atoms with Gasteiger partial charge in [0.2, 0.25) is 5.92 Å². The van der Waals surface area contributed by atoms with E-state index >= 15 is 0 Å². The molecule has 1 aliphatic heterocycles. The van der Waals surface area contributed by atoms with Gasteiger partial charge in [0.1, 0.15) is 22.6 Å². The number of likely N-dealkylation sites (tertiary alicyclic amines) is 1. The maximum Gasteiger partial charge on any atom is 0.255 e. The molecule has 0 unspecified atom stereocenters. The monoisotopic (exact) mass is 566 g/mol. The number of amides is 2. The Morgan fingerprint density at radius 1 is 1.24 bits per heavy atom. The lowest BCUT2D eigenvalue weighted by Crippen LogP contribution is -2.34. The molecule has 2 N–H and O–H groups in total. The van der Waals surface area contributed by atoms with Crippen LogP contribution in [0, 0.1) is 19.8 Å². The van der Waals surface area contributed by atoms with E-state index in [1.807, 2.05) is 6.92 Å². The average molecular weight is 567 g/mol. The fourth-order valence-electron chi connectivity index (χ4n) is 6.02. The lowest BCUT2D eigenvalue weighted by molar-refractivity contribution is 0.00503. The van der Waals surface area contributed by atoms with Gasteiger partial charge in [-0.05, 0) is 57.2 Å². The summed E-state index contributed by atoms with van der Waals surface area (Å²) >= 11 is 0. The summed E-state index contributed by atoms with van der Waals surface area (Å²) in [5, 5.41) is 18.0. The van der Waals surface area contributed by atoms with Crippen molar-refractivity contribution in [3.05, 3.63) is 59.1 Å². The smallest absolute Gasteiger partial charge is 0.255 e. The third kappa shape index (κ3) is 5.14. The van der Waals surface area contributed by atoms with Crippen molar-refractivity contribution in [2.75, 3.05) is 19.6 Å². The first-order valence-electron chi connectivity index (χ1n) is 13.8. The van der Waals surface area contributed by atoms with Crippen molar-refractivity contribution in [2.45, 2.75) is 58.0 Å². The van der Waals surface area contributed by atoms with Crippen LogP contribution >= 0.6 is 0 Å². The van der Waals surface area contributed by atoms with Crippen LogP contribution in [0.2, 0.25) is 0 Å². The van der Waals surface area contributed by atoms with Gasteiger partial charge >= 0.3 is 0 Å². The van der Waals surface area contributed by atoms with Crippen molar-refractivity contribution in [3.8, 4) is 11.5 Å². The number of carbonyl (C=O) groups is 2. The molecule has 0 bridgehead atoms. The first-order chi connectivity index (χ1) is 19.4. The summed E-state index contributed by atoms with van der Waals surface area (Å²) in [6, 6.07) is 6.85. The zero-order valence-corrected chi connectivity index (χ0v) is 23.2. The van der Waals surface area contributed by atoms with E-state index in [0.29, 0.717) is 69.8 Å². The van der Waals surface area contributed by atoms with Crippen molar-refractivity contribution in [3.63, 3.8) is 0 Å². The predicted octanol–water partition coefficient (Wildman–Crippen LogP) is 5.25. The SMILES string of the molecule is Cc1oc2cc(Oc3ccnn4cc(C(=O)N5CC[C@@](C)(O)C5)c(C)c34)ccc2c1C(=O)NC[C@@H]1CCC(F)(F)C1. The summed E-state index contributed by atoms with van der Waals surface area (Å²) in [6.07, 6.45) is 3.81. The van der Waals surface area contributed by atoms with Crippen molar-refractivity contribution in [2.24, 2.45) is 5.92 Å². The molecular formula is C30H32F2N4O5. The second-order valence-corrected chi connectivity index (χ2v) is 11.6. The zero-order valence-electron chi connectivity index (χ0n) is 23.2. The Labute approximate surface area is 235 Å². The largest absolute Gasteiger partial charge is 0.460 e. The van der Waals surface area contributed by atoms with E-state index in [1.54, 1.807) is 59.9 Å². The highest BCUT2D eigenvalue weighted by molar-refractivity contribution is 6.07. The van der Waals surface area contributed by atoms with Crippen LogP contribution in [0.25, 0.3) is 16.5 Å². The van der Waals surface area contributed by atoms with Crippen LogP contribution in [-0.4, -0.2) is 62.6 Å². The molecule has 3 aromatic heterocycles. The molecule has 1 aliphatic carbocycles. The van der Waals surface area contributed by atoms with Crippen molar-refractivity contribution in [1.82, 2.24) is 19.8 Å². The number of β-amino-alcohol motifs (C(OH)–C–C–N with tert-alkyl or cyclic N) is 1. The Balaban J connectivity index is 1.22. The standard InChI is InChI=1S/C30H32F2N4O5/c1-17-22(28(38)35-11-9-29(3,39)16-35)15-36-26(17)23(7-10-34-36)41-20-4-5-21-24(12-20)40-18(2)25(21)27(37)33-14-19-6-8-30(31,32)13-19/h4-5,7,10,12,15,19,39H,6,8-9,11,13-14,16H2,1-3H3,(H,33,37)/t19-,29-/m1/s1. The van der Waals surface area contributed by atoms with Crippen LogP contribution in [0.3, 0.4) is 0 Å². The van der Waals surface area contributed by atoms with Crippen LogP contribution in [0.4, 0.5) is 8.78 Å². The molecule has 0 spiro atoms. The quantitative estimate of drug-likeness (QED) is 0.330. The lowest BCUT2D eigenvalue weighted by atomic mass is 10.1. The molecule has 1 saturated carbocycles. The van der Waals surface area contributed by atoms with E-state index < -0.39 is 11.5 Å². The molecule has 2 amide bonds. The van der Waals surface area contributed by atoms with Crippen molar-refractivity contribution >= 4 is 28.3 Å². The van der Waals surface area contributed by atoms with Gasteiger partial charge in [-0.3, -0.25) is 9.59 Å². The van der Waals surface area contributed by atoms with E-state index in [2.05, 4.69) is 10.4 Å². The molecule has 0 radical (unpaired) electrons. The molecule has 4 aromatic rings. The van der Waals surface area contributed by atoms with E-state index in [4.69, 9.17) is 9.15 Å². The highest BCUT2D eigenvalue weighted by Crippen LogP contribution is 2.39. The number of hydrogen-bond acceptors (Lipinski definition) is 6. The number of aromatic nitrogens is 2. The van der Waals surface area contributed by atoms with Gasteiger partial charge in [0.25, 0.3) is 11.8 Å². The van der Waals surface area contributed by atoms with Crippen LogP contribution in [-0.2, 0) is 0 Å². The molecule has 2 aliphatic rings. The van der Waals surface area contributed by atoms with E-state index in [0.717, 1.165) is 0 Å². The number of rotatable bonds is 6. The third-order valence-corrected chi connectivity index (χ3v) is 8.21. The van der Waals surface area contributed by atoms with Gasteiger partial charge in [-0.25, -0.2) is 13.3 Å². The van der Waals surface area contributed by atoms with Gasteiger partial charge in [0.15, 0.2) is 5.75 Å². The fourth-order valence-corrected chi connectivity index (χ4v) is 6.02. The second kappa shape index (κ2) is 9.83. The minimum atomic E-state index is -2.66. The van der Waals surface area contributed by atoms with E-state index in [9.17, 15) is 23.5 Å². The number of ether oxygens (including phenoxy) is 1. The van der Waals surface area contributed by atoms with Gasteiger partial charge in [-0.15, -0.1) is 0 Å². The van der Waals surface area contributed by atoms with Gasteiger partial charge in [0, 0.05) is 56.2 Å². The number of aliphatic hydroxyl groups is 1.